The topological polar surface area (TPSA) is 49.4 Å². The van der Waals surface area contributed by atoms with Crippen molar-refractivity contribution in [2.75, 3.05) is 11.4 Å². The summed E-state index contributed by atoms with van der Waals surface area (Å²) in [6.45, 7) is 4.55. The largest absolute Gasteiger partial charge is 0.349 e. The second kappa shape index (κ2) is 5.93. The van der Waals surface area contributed by atoms with Crippen molar-refractivity contribution >= 4 is 28.8 Å². The Hall–Kier alpha value is -2.14. The van der Waals surface area contributed by atoms with Gasteiger partial charge in [0.15, 0.2) is 0 Å². The minimum absolute atomic E-state index is 0.00651. The summed E-state index contributed by atoms with van der Waals surface area (Å²) in [5.74, 6) is -0.0746. The molecule has 0 fully saturated rings. The van der Waals surface area contributed by atoms with E-state index in [1.807, 2.05) is 50.2 Å². The van der Waals surface area contributed by atoms with E-state index in [4.69, 9.17) is 0 Å². The molecule has 0 atom stereocenters. The fourth-order valence-electron chi connectivity index (χ4n) is 2.55. The monoisotopic (exact) mass is 314 g/mol. The molecule has 1 aromatic heterocycles. The molecule has 1 N–H and O–H groups in total. The number of benzene rings is 1. The molecule has 0 saturated heterocycles. The molecule has 0 spiro atoms. The molecule has 114 valence electrons. The Morgan fingerprint density at radius 3 is 2.64 bits per heavy atom. The van der Waals surface area contributed by atoms with Crippen molar-refractivity contribution in [1.82, 2.24) is 5.32 Å². The number of anilines is 1. The molecule has 0 saturated carbocycles. The molecule has 1 aliphatic rings. The number of hydrogen-bond acceptors (Lipinski definition) is 3. The van der Waals surface area contributed by atoms with Gasteiger partial charge < -0.3 is 10.2 Å². The summed E-state index contributed by atoms with van der Waals surface area (Å²) in [4.78, 5) is 28.3. The van der Waals surface area contributed by atoms with Crippen molar-refractivity contribution in [1.29, 1.82) is 0 Å². The number of fused-ring (bicyclic) bond motifs is 1. The first-order valence-corrected chi connectivity index (χ1v) is 8.18. The summed E-state index contributed by atoms with van der Waals surface area (Å²) in [5, 5.41) is 2.89. The molecule has 0 bridgehead atoms. The van der Waals surface area contributed by atoms with E-state index >= 15 is 0 Å². The van der Waals surface area contributed by atoms with Gasteiger partial charge >= 0.3 is 0 Å². The van der Waals surface area contributed by atoms with Gasteiger partial charge in [0.05, 0.1) is 10.6 Å². The highest BCUT2D eigenvalue weighted by Gasteiger charge is 2.29. The van der Waals surface area contributed by atoms with Crippen LogP contribution in [0, 0.1) is 0 Å². The van der Waals surface area contributed by atoms with E-state index in [0.717, 1.165) is 17.0 Å². The predicted molar refractivity (Wildman–Crippen MR) is 88.7 cm³/mol. The summed E-state index contributed by atoms with van der Waals surface area (Å²) < 4.78 is 0. The Kier molecular flexibility index (Phi) is 3.98. The van der Waals surface area contributed by atoms with Crippen LogP contribution in [0.5, 0.6) is 0 Å². The van der Waals surface area contributed by atoms with Crippen molar-refractivity contribution in [3.05, 3.63) is 51.7 Å². The van der Waals surface area contributed by atoms with Crippen molar-refractivity contribution < 1.29 is 9.59 Å². The van der Waals surface area contributed by atoms with Gasteiger partial charge in [0.25, 0.3) is 11.8 Å². The first-order valence-electron chi connectivity index (χ1n) is 7.36. The van der Waals surface area contributed by atoms with Gasteiger partial charge in [-0.15, -0.1) is 11.3 Å². The maximum absolute atomic E-state index is 12.6. The molecule has 5 heteroatoms. The molecular weight excluding hydrogens is 296 g/mol. The van der Waals surface area contributed by atoms with Crippen LogP contribution in [0.2, 0.25) is 0 Å². The van der Waals surface area contributed by atoms with Crippen LogP contribution in [0.3, 0.4) is 0 Å². The van der Waals surface area contributed by atoms with Gasteiger partial charge in [0.1, 0.15) is 0 Å². The van der Waals surface area contributed by atoms with Crippen molar-refractivity contribution in [3.8, 4) is 0 Å². The third kappa shape index (κ3) is 2.76. The van der Waals surface area contributed by atoms with Crippen LogP contribution in [0.4, 0.5) is 5.69 Å². The van der Waals surface area contributed by atoms with Gasteiger partial charge in [-0.2, -0.15) is 0 Å². The van der Waals surface area contributed by atoms with Crippen LogP contribution < -0.4 is 10.2 Å². The molecule has 0 unspecified atom stereocenters. The van der Waals surface area contributed by atoms with Gasteiger partial charge in [-0.1, -0.05) is 18.2 Å². The van der Waals surface area contributed by atoms with Crippen LogP contribution in [0.1, 0.15) is 38.8 Å². The molecule has 1 aliphatic heterocycles. The summed E-state index contributed by atoms with van der Waals surface area (Å²) in [7, 11) is 0. The predicted octanol–water partition coefficient (Wildman–Crippen LogP) is 3.09. The van der Waals surface area contributed by atoms with Crippen LogP contribution in [-0.2, 0) is 6.42 Å². The van der Waals surface area contributed by atoms with Gasteiger partial charge in [-0.3, -0.25) is 9.59 Å². The second-order valence-corrected chi connectivity index (χ2v) is 6.76. The van der Waals surface area contributed by atoms with E-state index < -0.39 is 0 Å². The quantitative estimate of drug-likeness (QED) is 0.946. The van der Waals surface area contributed by atoms with Gasteiger partial charge in [-0.25, -0.2) is 0 Å². The molecular formula is C17H18N2O2S. The standard InChI is InChI=1S/C17H18N2O2S/c1-11(2)18-16(20)15-10-13-14(22-15)8-9-19(13)17(21)12-6-4-3-5-7-12/h3-7,10-11H,8-9H2,1-2H3,(H,18,20). The number of nitrogens with zero attached hydrogens (tertiary/aromatic N) is 1. The van der Waals surface area contributed by atoms with Gasteiger partial charge in [0.2, 0.25) is 0 Å². The van der Waals surface area contributed by atoms with E-state index in [2.05, 4.69) is 5.32 Å². The summed E-state index contributed by atoms with van der Waals surface area (Å²) in [6, 6.07) is 11.2. The lowest BCUT2D eigenvalue weighted by molar-refractivity contribution is 0.0944. The Morgan fingerprint density at radius 2 is 1.95 bits per heavy atom. The fraction of sp³-hybridized carbons (Fsp3) is 0.294. The van der Waals surface area contributed by atoms with Gasteiger partial charge in [0, 0.05) is 29.4 Å². The van der Waals surface area contributed by atoms with Crippen molar-refractivity contribution in [3.63, 3.8) is 0 Å². The third-order valence-corrected chi connectivity index (χ3v) is 4.73. The average Bonchev–Trinajstić information content (AvgIpc) is 3.07. The summed E-state index contributed by atoms with van der Waals surface area (Å²) >= 11 is 1.48. The molecule has 2 amide bonds. The molecule has 0 radical (unpaired) electrons. The number of amides is 2. The molecule has 22 heavy (non-hydrogen) atoms. The van der Waals surface area contributed by atoms with Gasteiger partial charge in [-0.05, 0) is 32.0 Å². The Balaban J connectivity index is 1.84. The van der Waals surface area contributed by atoms with Crippen LogP contribution >= 0.6 is 11.3 Å². The summed E-state index contributed by atoms with van der Waals surface area (Å²) in [6.07, 6.45) is 0.813. The third-order valence-electron chi connectivity index (χ3n) is 3.55. The molecule has 1 aromatic carbocycles. The Bertz CT molecular complexity index is 707. The zero-order valence-corrected chi connectivity index (χ0v) is 13.4. The highest BCUT2D eigenvalue weighted by atomic mass is 32.1. The van der Waals surface area contributed by atoms with E-state index in [1.54, 1.807) is 4.90 Å². The SMILES string of the molecule is CC(C)NC(=O)c1cc2c(s1)CCN2C(=O)c1ccccc1. The molecule has 2 heterocycles. The van der Waals surface area contributed by atoms with E-state index in [-0.39, 0.29) is 17.9 Å². The number of carbonyl (C=O) groups is 2. The zero-order valence-electron chi connectivity index (χ0n) is 12.6. The minimum atomic E-state index is -0.0680. The Labute approximate surface area is 133 Å². The number of thiophene rings is 1. The van der Waals surface area contributed by atoms with E-state index in [1.165, 1.54) is 11.3 Å². The zero-order chi connectivity index (χ0) is 15.7. The lowest BCUT2D eigenvalue weighted by atomic mass is 10.2. The van der Waals surface area contributed by atoms with Crippen LogP contribution in [-0.4, -0.2) is 24.4 Å². The number of nitrogens with one attached hydrogen (secondary N) is 1. The first-order chi connectivity index (χ1) is 10.6. The van der Waals surface area contributed by atoms with Crippen LogP contribution in [0.15, 0.2) is 36.4 Å². The first kappa shape index (κ1) is 14.8. The number of rotatable bonds is 3. The Morgan fingerprint density at radius 1 is 1.23 bits per heavy atom. The molecule has 4 nitrogen and oxygen atoms in total. The number of carbonyl (C=O) groups excluding carboxylic acids is 2. The fourth-order valence-corrected chi connectivity index (χ4v) is 3.61. The number of hydrogen-bond donors (Lipinski definition) is 1. The molecule has 2 aromatic rings. The molecule has 3 rings (SSSR count). The van der Waals surface area contributed by atoms with E-state index in [0.29, 0.717) is 17.0 Å². The lowest BCUT2D eigenvalue weighted by Crippen LogP contribution is -2.30. The average molecular weight is 314 g/mol. The van der Waals surface area contributed by atoms with Crippen molar-refractivity contribution in [2.45, 2.75) is 26.3 Å². The maximum atomic E-state index is 12.6. The van der Waals surface area contributed by atoms with Crippen LogP contribution in [0.25, 0.3) is 0 Å². The smallest absolute Gasteiger partial charge is 0.261 e. The minimum Gasteiger partial charge on any atom is -0.349 e. The maximum Gasteiger partial charge on any atom is 0.261 e. The highest BCUT2D eigenvalue weighted by Crippen LogP contribution is 2.36. The highest BCUT2D eigenvalue weighted by molar-refractivity contribution is 7.14. The lowest BCUT2D eigenvalue weighted by Gasteiger charge is -2.16. The molecule has 0 aliphatic carbocycles. The summed E-state index contributed by atoms with van der Waals surface area (Å²) in [5.41, 5.74) is 1.56. The normalized spacial score (nSPS) is 13.3. The van der Waals surface area contributed by atoms with E-state index in [9.17, 15) is 9.59 Å². The second-order valence-electron chi connectivity index (χ2n) is 5.62. The van der Waals surface area contributed by atoms with Crippen molar-refractivity contribution in [2.24, 2.45) is 0 Å².